The maximum atomic E-state index is 11.8. The summed E-state index contributed by atoms with van der Waals surface area (Å²) in [5.41, 5.74) is 4.99. The first-order valence-corrected chi connectivity index (χ1v) is 7.43. The van der Waals surface area contributed by atoms with Gasteiger partial charge in [-0.25, -0.2) is 0 Å². The van der Waals surface area contributed by atoms with Gasteiger partial charge in [-0.05, 0) is 51.0 Å². The second-order valence-corrected chi connectivity index (χ2v) is 5.93. The van der Waals surface area contributed by atoms with Crippen molar-refractivity contribution >= 4 is 5.78 Å². The van der Waals surface area contributed by atoms with Crippen molar-refractivity contribution in [1.82, 2.24) is 0 Å². The van der Waals surface area contributed by atoms with Gasteiger partial charge in [-0.2, -0.15) is 0 Å². The molecule has 0 N–H and O–H groups in total. The Morgan fingerprint density at radius 2 is 1.40 bits per heavy atom. The van der Waals surface area contributed by atoms with Crippen molar-refractivity contribution < 1.29 is 13.6 Å². The zero-order valence-electron chi connectivity index (χ0n) is 12.0. The predicted octanol–water partition coefficient (Wildman–Crippen LogP) is 4.03. The molecule has 0 amide bonds. The van der Waals surface area contributed by atoms with Gasteiger partial charge in [-0.3, -0.25) is 4.79 Å². The van der Waals surface area contributed by atoms with Crippen molar-refractivity contribution in [3.8, 4) is 11.5 Å². The summed E-state index contributed by atoms with van der Waals surface area (Å²) in [5.74, 6) is 3.30. The number of Topliss-reactive ketones (excluding diaryl/α,β-unsaturated/α-hetero) is 1. The third-order valence-electron chi connectivity index (χ3n) is 4.67. The summed E-state index contributed by atoms with van der Waals surface area (Å²) in [6, 6.07) is 0. The molecule has 0 radical (unpaired) electrons. The molecule has 2 aromatic rings. The normalized spacial score (nSPS) is 16.5. The highest BCUT2D eigenvalue weighted by atomic mass is 16.4. The van der Waals surface area contributed by atoms with Gasteiger partial charge in [0.25, 0.3) is 0 Å². The molecule has 0 saturated heterocycles. The number of fused-ring (bicyclic) bond motifs is 2. The van der Waals surface area contributed by atoms with E-state index in [1.807, 2.05) is 6.92 Å². The standard InChI is InChI=1S/C17H18O3/c1-9(18)15-13-7-4-8-14(13)17(20-15)16-12-6-3-5-11(12)10(2)19-16/h3-8H2,1-2H3. The molecule has 0 fully saturated rings. The van der Waals surface area contributed by atoms with Gasteiger partial charge < -0.3 is 8.83 Å². The van der Waals surface area contributed by atoms with Crippen molar-refractivity contribution in [2.45, 2.75) is 52.4 Å². The molecular formula is C17H18O3. The van der Waals surface area contributed by atoms with Crippen molar-refractivity contribution in [1.29, 1.82) is 0 Å². The first-order chi connectivity index (χ1) is 9.66. The van der Waals surface area contributed by atoms with Crippen LogP contribution in [-0.4, -0.2) is 5.78 Å². The van der Waals surface area contributed by atoms with Gasteiger partial charge in [0.1, 0.15) is 5.76 Å². The Morgan fingerprint density at radius 3 is 2.10 bits per heavy atom. The van der Waals surface area contributed by atoms with Gasteiger partial charge in [0.2, 0.25) is 0 Å². The van der Waals surface area contributed by atoms with Gasteiger partial charge >= 0.3 is 0 Å². The van der Waals surface area contributed by atoms with E-state index in [4.69, 9.17) is 8.83 Å². The maximum absolute atomic E-state index is 11.8. The quantitative estimate of drug-likeness (QED) is 0.774. The fourth-order valence-corrected chi connectivity index (χ4v) is 3.78. The van der Waals surface area contributed by atoms with Crippen LogP contribution in [0.3, 0.4) is 0 Å². The van der Waals surface area contributed by atoms with E-state index in [9.17, 15) is 4.79 Å². The second kappa shape index (κ2) is 4.11. The Bertz CT molecular complexity index is 715. The van der Waals surface area contributed by atoms with Gasteiger partial charge in [-0.15, -0.1) is 0 Å². The molecule has 20 heavy (non-hydrogen) atoms. The van der Waals surface area contributed by atoms with Crippen LogP contribution in [0.15, 0.2) is 8.83 Å². The van der Waals surface area contributed by atoms with Crippen molar-refractivity contribution in [3.05, 3.63) is 33.8 Å². The topological polar surface area (TPSA) is 43.4 Å². The molecule has 0 saturated carbocycles. The number of ketones is 1. The van der Waals surface area contributed by atoms with E-state index in [1.165, 1.54) is 23.1 Å². The van der Waals surface area contributed by atoms with Crippen LogP contribution >= 0.6 is 0 Å². The molecule has 0 bridgehead atoms. The molecule has 0 unspecified atom stereocenters. The number of rotatable bonds is 2. The van der Waals surface area contributed by atoms with Crippen LogP contribution in [0.2, 0.25) is 0 Å². The molecule has 0 aliphatic heterocycles. The largest absolute Gasteiger partial charge is 0.457 e. The molecule has 3 nitrogen and oxygen atoms in total. The van der Waals surface area contributed by atoms with Gasteiger partial charge in [0.05, 0.1) is 0 Å². The lowest BCUT2D eigenvalue weighted by molar-refractivity contribution is 0.0986. The number of aryl methyl sites for hydroxylation is 1. The Labute approximate surface area is 118 Å². The summed E-state index contributed by atoms with van der Waals surface area (Å²) in [5, 5.41) is 0. The second-order valence-electron chi connectivity index (χ2n) is 5.93. The van der Waals surface area contributed by atoms with E-state index >= 15 is 0 Å². The third-order valence-corrected chi connectivity index (χ3v) is 4.67. The predicted molar refractivity (Wildman–Crippen MR) is 75.2 cm³/mol. The third kappa shape index (κ3) is 1.49. The maximum Gasteiger partial charge on any atom is 0.195 e. The summed E-state index contributed by atoms with van der Waals surface area (Å²) in [6.07, 6.45) is 6.42. The van der Waals surface area contributed by atoms with Crippen molar-refractivity contribution in [2.24, 2.45) is 0 Å². The first-order valence-electron chi connectivity index (χ1n) is 7.43. The highest BCUT2D eigenvalue weighted by Gasteiger charge is 2.32. The van der Waals surface area contributed by atoms with E-state index < -0.39 is 0 Å². The van der Waals surface area contributed by atoms with E-state index in [-0.39, 0.29) is 5.78 Å². The van der Waals surface area contributed by atoms with Crippen LogP contribution in [0.5, 0.6) is 0 Å². The lowest BCUT2D eigenvalue weighted by Gasteiger charge is -1.99. The summed E-state index contributed by atoms with van der Waals surface area (Å²) in [6.45, 7) is 3.61. The average molecular weight is 270 g/mol. The molecule has 3 heteroatoms. The highest BCUT2D eigenvalue weighted by Crippen LogP contribution is 2.43. The Morgan fingerprint density at radius 1 is 0.850 bits per heavy atom. The minimum absolute atomic E-state index is 0.0225. The first kappa shape index (κ1) is 12.0. The van der Waals surface area contributed by atoms with Crippen LogP contribution in [0.4, 0.5) is 0 Å². The van der Waals surface area contributed by atoms with Gasteiger partial charge in [0.15, 0.2) is 23.1 Å². The smallest absolute Gasteiger partial charge is 0.195 e. The summed E-state index contributed by atoms with van der Waals surface area (Å²) >= 11 is 0. The molecule has 2 aromatic heterocycles. The molecule has 2 aliphatic rings. The Balaban J connectivity index is 1.94. The van der Waals surface area contributed by atoms with Crippen LogP contribution in [-0.2, 0) is 25.7 Å². The fourth-order valence-electron chi connectivity index (χ4n) is 3.78. The van der Waals surface area contributed by atoms with Crippen LogP contribution in [0.1, 0.15) is 58.3 Å². The Kier molecular flexibility index (Phi) is 2.47. The molecule has 2 heterocycles. The van der Waals surface area contributed by atoms with Crippen LogP contribution in [0, 0.1) is 6.92 Å². The van der Waals surface area contributed by atoms with E-state index in [0.717, 1.165) is 54.9 Å². The number of carbonyl (C=O) groups excluding carboxylic acids is 1. The van der Waals surface area contributed by atoms with Crippen LogP contribution in [0.25, 0.3) is 11.5 Å². The SMILES string of the molecule is CC(=O)c1oc(-c2oc(C)c3c2CCC3)c2c1CCC2. The van der Waals surface area contributed by atoms with Crippen LogP contribution < -0.4 is 0 Å². The minimum atomic E-state index is 0.0225. The highest BCUT2D eigenvalue weighted by molar-refractivity contribution is 5.94. The Hall–Kier alpha value is -1.77. The lowest BCUT2D eigenvalue weighted by Crippen LogP contribution is -1.93. The minimum Gasteiger partial charge on any atom is -0.457 e. The molecule has 104 valence electrons. The molecular weight excluding hydrogens is 252 g/mol. The summed E-state index contributed by atoms with van der Waals surface area (Å²) in [7, 11) is 0. The lowest BCUT2D eigenvalue weighted by atomic mass is 10.1. The molecule has 2 aliphatic carbocycles. The van der Waals surface area contributed by atoms with E-state index in [1.54, 1.807) is 6.92 Å². The number of hydrogen-bond acceptors (Lipinski definition) is 3. The molecule has 0 aromatic carbocycles. The summed E-state index contributed by atoms with van der Waals surface area (Å²) in [4.78, 5) is 11.8. The van der Waals surface area contributed by atoms with E-state index in [2.05, 4.69) is 0 Å². The monoisotopic (exact) mass is 270 g/mol. The number of carbonyl (C=O) groups is 1. The molecule has 4 rings (SSSR count). The van der Waals surface area contributed by atoms with Gasteiger partial charge in [-0.1, -0.05) is 0 Å². The summed E-state index contributed by atoms with van der Waals surface area (Å²) < 4.78 is 11.9. The number of hydrogen-bond donors (Lipinski definition) is 0. The fraction of sp³-hybridized carbons (Fsp3) is 0.471. The van der Waals surface area contributed by atoms with E-state index in [0.29, 0.717) is 5.76 Å². The average Bonchev–Trinajstić information content (AvgIpc) is 3.11. The van der Waals surface area contributed by atoms with Gasteiger partial charge in [0, 0.05) is 23.6 Å². The number of furan rings is 2. The molecule has 0 atom stereocenters. The van der Waals surface area contributed by atoms with Crippen molar-refractivity contribution in [3.63, 3.8) is 0 Å². The zero-order valence-corrected chi connectivity index (χ0v) is 12.0. The molecule has 0 spiro atoms. The van der Waals surface area contributed by atoms with Crippen molar-refractivity contribution in [2.75, 3.05) is 0 Å². The zero-order chi connectivity index (χ0) is 13.9.